The van der Waals surface area contributed by atoms with E-state index in [4.69, 9.17) is 5.11 Å². The van der Waals surface area contributed by atoms with Crippen LogP contribution in [0.15, 0.2) is 42.5 Å². The number of benzene rings is 2. The molecular weight excluding hydrogens is 346 g/mol. The van der Waals surface area contributed by atoms with Crippen LogP contribution in [0.25, 0.3) is 0 Å². The molecule has 0 radical (unpaired) electrons. The molecule has 1 unspecified atom stereocenters. The third-order valence-corrected chi connectivity index (χ3v) is 4.68. The molecule has 1 heterocycles. The zero-order valence-electron chi connectivity index (χ0n) is 15.2. The summed E-state index contributed by atoms with van der Waals surface area (Å²) in [5, 5.41) is 14.5. The minimum atomic E-state index is -0.983. The Morgan fingerprint density at radius 2 is 1.89 bits per heavy atom. The van der Waals surface area contributed by atoms with Crippen LogP contribution in [-0.4, -0.2) is 30.1 Å². The lowest BCUT2D eigenvalue weighted by Gasteiger charge is -2.17. The van der Waals surface area contributed by atoms with Crippen LogP contribution >= 0.6 is 0 Å². The summed E-state index contributed by atoms with van der Waals surface area (Å²) in [5.41, 5.74) is 3.81. The predicted molar refractivity (Wildman–Crippen MR) is 101 cm³/mol. The van der Waals surface area contributed by atoms with Crippen molar-refractivity contribution >= 4 is 23.6 Å². The molecule has 3 rings (SSSR count). The van der Waals surface area contributed by atoms with E-state index in [-0.39, 0.29) is 23.5 Å². The van der Waals surface area contributed by atoms with Gasteiger partial charge in [-0.2, -0.15) is 0 Å². The number of anilines is 1. The molecule has 0 bridgehead atoms. The van der Waals surface area contributed by atoms with E-state index in [1.54, 1.807) is 24.1 Å². The number of hydrogen-bond donors (Lipinski definition) is 3. The van der Waals surface area contributed by atoms with Gasteiger partial charge in [0, 0.05) is 19.3 Å². The van der Waals surface area contributed by atoms with Gasteiger partial charge in [0.1, 0.15) is 0 Å². The fourth-order valence-electron chi connectivity index (χ4n) is 3.04. The van der Waals surface area contributed by atoms with Crippen LogP contribution in [0, 0.1) is 0 Å². The van der Waals surface area contributed by atoms with Crippen LogP contribution in [0.5, 0.6) is 0 Å². The van der Waals surface area contributed by atoms with Crippen LogP contribution in [0.4, 0.5) is 10.5 Å². The van der Waals surface area contributed by atoms with Gasteiger partial charge in [-0.1, -0.05) is 24.3 Å². The van der Waals surface area contributed by atoms with Crippen molar-refractivity contribution < 1.29 is 19.5 Å². The molecule has 3 N–H and O–H groups in total. The van der Waals surface area contributed by atoms with Gasteiger partial charge in [0.05, 0.1) is 18.0 Å². The highest BCUT2D eigenvalue weighted by Crippen LogP contribution is 2.30. The molecule has 1 atom stereocenters. The van der Waals surface area contributed by atoms with E-state index in [0.29, 0.717) is 13.0 Å². The molecule has 0 fully saturated rings. The molecular formula is C20H21N3O4. The molecule has 0 saturated carbocycles. The SMILES string of the molecule is CC(NC(=O)NCc1ccc(C(=O)O)cc1)c1ccc2c(c1)CC(=O)N2C. The molecule has 0 spiro atoms. The molecule has 0 saturated heterocycles. The monoisotopic (exact) mass is 367 g/mol. The Bertz CT molecular complexity index is 893. The van der Waals surface area contributed by atoms with Gasteiger partial charge in [0.2, 0.25) is 5.91 Å². The maximum absolute atomic E-state index is 12.1. The number of nitrogens with one attached hydrogen (secondary N) is 2. The van der Waals surface area contributed by atoms with Crippen molar-refractivity contribution in [3.05, 3.63) is 64.7 Å². The number of fused-ring (bicyclic) bond motifs is 1. The molecule has 2 aromatic carbocycles. The summed E-state index contributed by atoms with van der Waals surface area (Å²) < 4.78 is 0. The van der Waals surface area contributed by atoms with E-state index in [0.717, 1.165) is 22.4 Å². The average Bonchev–Trinajstić information content (AvgIpc) is 2.93. The zero-order valence-corrected chi connectivity index (χ0v) is 15.2. The van der Waals surface area contributed by atoms with Gasteiger partial charge in [0.15, 0.2) is 0 Å². The number of carbonyl (C=O) groups excluding carboxylic acids is 2. The fraction of sp³-hybridized carbons (Fsp3) is 0.250. The highest BCUT2D eigenvalue weighted by molar-refractivity contribution is 6.01. The van der Waals surface area contributed by atoms with Gasteiger partial charge in [-0.15, -0.1) is 0 Å². The summed E-state index contributed by atoms with van der Waals surface area (Å²) in [6, 6.07) is 11.6. The number of amides is 3. The second-order valence-corrected chi connectivity index (χ2v) is 6.57. The summed E-state index contributed by atoms with van der Waals surface area (Å²) in [4.78, 5) is 36.4. The quantitative estimate of drug-likeness (QED) is 0.756. The van der Waals surface area contributed by atoms with Crippen LogP contribution < -0.4 is 15.5 Å². The largest absolute Gasteiger partial charge is 0.478 e. The molecule has 7 nitrogen and oxygen atoms in total. The van der Waals surface area contributed by atoms with Crippen LogP contribution in [0.3, 0.4) is 0 Å². The number of carbonyl (C=O) groups is 3. The minimum Gasteiger partial charge on any atom is -0.478 e. The first-order chi connectivity index (χ1) is 12.8. The summed E-state index contributed by atoms with van der Waals surface area (Å²) in [6.07, 6.45) is 0.380. The first kappa shape index (κ1) is 18.4. The summed E-state index contributed by atoms with van der Waals surface area (Å²) in [5.74, 6) is -0.919. The maximum atomic E-state index is 12.1. The number of hydrogen-bond acceptors (Lipinski definition) is 3. The number of aromatic carboxylic acids is 1. The lowest BCUT2D eigenvalue weighted by atomic mass is 10.0. The summed E-state index contributed by atoms with van der Waals surface area (Å²) in [6.45, 7) is 2.17. The van der Waals surface area contributed by atoms with E-state index >= 15 is 0 Å². The van der Waals surface area contributed by atoms with E-state index in [2.05, 4.69) is 10.6 Å². The highest BCUT2D eigenvalue weighted by atomic mass is 16.4. The van der Waals surface area contributed by atoms with Crippen LogP contribution in [0.1, 0.15) is 40.0 Å². The smallest absolute Gasteiger partial charge is 0.335 e. The van der Waals surface area contributed by atoms with Gasteiger partial charge in [-0.3, -0.25) is 4.79 Å². The maximum Gasteiger partial charge on any atom is 0.335 e. The molecule has 0 aliphatic carbocycles. The molecule has 1 aliphatic rings. The molecule has 27 heavy (non-hydrogen) atoms. The van der Waals surface area contributed by atoms with Crippen molar-refractivity contribution in [3.8, 4) is 0 Å². The number of urea groups is 1. The number of carboxylic acid groups (broad SMARTS) is 1. The molecule has 7 heteroatoms. The van der Waals surface area contributed by atoms with Crippen molar-refractivity contribution in [1.82, 2.24) is 10.6 Å². The predicted octanol–water partition coefficient (Wildman–Crippen LogP) is 2.46. The molecule has 1 aliphatic heterocycles. The Hall–Kier alpha value is -3.35. The molecule has 2 aromatic rings. The number of likely N-dealkylation sites (N-methyl/N-ethyl adjacent to an activating group) is 1. The third-order valence-electron chi connectivity index (χ3n) is 4.68. The normalized spacial score (nSPS) is 13.9. The molecule has 0 aromatic heterocycles. The molecule has 140 valence electrons. The van der Waals surface area contributed by atoms with Crippen molar-refractivity contribution in [3.63, 3.8) is 0 Å². The third kappa shape index (κ3) is 4.08. The van der Waals surface area contributed by atoms with Gasteiger partial charge >= 0.3 is 12.0 Å². The lowest BCUT2D eigenvalue weighted by molar-refractivity contribution is -0.117. The standard InChI is InChI=1S/C20H21N3O4/c1-12(15-7-8-17-16(9-15)10-18(24)23(17)2)22-20(27)21-11-13-3-5-14(6-4-13)19(25)26/h3-9,12H,10-11H2,1-2H3,(H,25,26)(H2,21,22,27). The first-order valence-corrected chi connectivity index (χ1v) is 8.61. The van der Waals surface area contributed by atoms with Gasteiger partial charge in [-0.25, -0.2) is 9.59 Å². The van der Waals surface area contributed by atoms with Crippen molar-refractivity contribution in [2.45, 2.75) is 25.9 Å². The van der Waals surface area contributed by atoms with Crippen molar-refractivity contribution in [2.75, 3.05) is 11.9 Å². The number of carboxylic acids is 1. The van der Waals surface area contributed by atoms with E-state index in [9.17, 15) is 14.4 Å². The van der Waals surface area contributed by atoms with Gasteiger partial charge < -0.3 is 20.6 Å². The first-order valence-electron chi connectivity index (χ1n) is 8.61. The Morgan fingerprint density at radius 1 is 1.19 bits per heavy atom. The van der Waals surface area contributed by atoms with E-state index in [1.807, 2.05) is 25.1 Å². The Balaban J connectivity index is 1.56. The van der Waals surface area contributed by atoms with Crippen molar-refractivity contribution in [1.29, 1.82) is 0 Å². The Morgan fingerprint density at radius 3 is 2.56 bits per heavy atom. The second-order valence-electron chi connectivity index (χ2n) is 6.57. The van der Waals surface area contributed by atoms with Crippen molar-refractivity contribution in [2.24, 2.45) is 0 Å². The Labute approximate surface area is 157 Å². The van der Waals surface area contributed by atoms with Gasteiger partial charge in [0.25, 0.3) is 0 Å². The van der Waals surface area contributed by atoms with Crippen LogP contribution in [0.2, 0.25) is 0 Å². The fourth-order valence-corrected chi connectivity index (χ4v) is 3.04. The minimum absolute atomic E-state index is 0.0643. The highest BCUT2D eigenvalue weighted by Gasteiger charge is 2.24. The summed E-state index contributed by atoms with van der Waals surface area (Å²) >= 11 is 0. The lowest BCUT2D eigenvalue weighted by Crippen LogP contribution is -2.36. The van der Waals surface area contributed by atoms with E-state index in [1.165, 1.54) is 12.1 Å². The average molecular weight is 367 g/mol. The van der Waals surface area contributed by atoms with Gasteiger partial charge in [-0.05, 0) is 41.8 Å². The number of rotatable bonds is 5. The zero-order chi connectivity index (χ0) is 19.6. The second kappa shape index (κ2) is 7.49. The van der Waals surface area contributed by atoms with E-state index < -0.39 is 5.97 Å². The molecule has 3 amide bonds. The Kier molecular flexibility index (Phi) is 5.12. The topological polar surface area (TPSA) is 98.7 Å². The van der Waals surface area contributed by atoms with Crippen LogP contribution in [-0.2, 0) is 17.8 Å². The number of nitrogens with zero attached hydrogens (tertiary/aromatic N) is 1. The summed E-state index contributed by atoms with van der Waals surface area (Å²) in [7, 11) is 1.76.